The fourth-order valence-corrected chi connectivity index (χ4v) is 4.66. The monoisotopic (exact) mass is 497 g/mol. The molecular weight excluding hydrogens is 470 g/mol. The van der Waals surface area contributed by atoms with Crippen LogP contribution >= 0.6 is 11.3 Å². The van der Waals surface area contributed by atoms with Crippen molar-refractivity contribution < 1.29 is 9.47 Å². The lowest BCUT2D eigenvalue weighted by molar-refractivity contribution is 0.306. The Bertz CT molecular complexity index is 1530. The molecule has 0 saturated heterocycles. The number of hydrogen-bond donors (Lipinski definition) is 0. The van der Waals surface area contributed by atoms with E-state index in [-0.39, 0.29) is 5.56 Å². The van der Waals surface area contributed by atoms with E-state index in [1.165, 1.54) is 28.7 Å². The quantitative estimate of drug-likeness (QED) is 0.238. The van der Waals surface area contributed by atoms with E-state index >= 15 is 0 Å². The zero-order valence-corrected chi connectivity index (χ0v) is 20.9. The SMILES string of the molecule is CCCCCOc1ccc(-c2nc3s/c(=C\c4ccc(OCc5ccccc5)cc4)c(=O)n3n2)cc1. The molecule has 0 unspecified atom stereocenters. The van der Waals surface area contributed by atoms with Crippen LogP contribution in [0, 0.1) is 0 Å². The van der Waals surface area contributed by atoms with E-state index in [9.17, 15) is 4.79 Å². The van der Waals surface area contributed by atoms with Crippen LogP contribution < -0.4 is 19.6 Å². The molecule has 182 valence electrons. The van der Waals surface area contributed by atoms with Crippen molar-refractivity contribution >= 4 is 22.4 Å². The van der Waals surface area contributed by atoms with Gasteiger partial charge in [-0.05, 0) is 60.0 Å². The van der Waals surface area contributed by atoms with Crippen molar-refractivity contribution in [2.24, 2.45) is 0 Å². The Morgan fingerprint density at radius 3 is 2.33 bits per heavy atom. The number of ether oxygens (including phenoxy) is 2. The van der Waals surface area contributed by atoms with Crippen LogP contribution in [0.4, 0.5) is 0 Å². The highest BCUT2D eigenvalue weighted by Gasteiger charge is 2.12. The molecule has 5 rings (SSSR count). The van der Waals surface area contributed by atoms with Gasteiger partial charge >= 0.3 is 0 Å². The summed E-state index contributed by atoms with van der Waals surface area (Å²) in [7, 11) is 0. The smallest absolute Gasteiger partial charge is 0.291 e. The molecule has 0 saturated carbocycles. The molecule has 2 heterocycles. The van der Waals surface area contributed by atoms with E-state index in [2.05, 4.69) is 17.0 Å². The molecule has 0 aliphatic heterocycles. The summed E-state index contributed by atoms with van der Waals surface area (Å²) in [5, 5.41) is 4.45. The summed E-state index contributed by atoms with van der Waals surface area (Å²) < 4.78 is 13.6. The van der Waals surface area contributed by atoms with Gasteiger partial charge in [-0.15, -0.1) is 5.10 Å². The van der Waals surface area contributed by atoms with Gasteiger partial charge < -0.3 is 9.47 Å². The number of unbranched alkanes of at least 4 members (excludes halogenated alkanes) is 2. The summed E-state index contributed by atoms with van der Waals surface area (Å²) in [6, 6.07) is 25.4. The van der Waals surface area contributed by atoms with E-state index in [1.54, 1.807) is 0 Å². The van der Waals surface area contributed by atoms with Gasteiger partial charge in [-0.2, -0.15) is 9.50 Å². The first kappa shape index (κ1) is 23.8. The third-order valence-corrected chi connectivity index (χ3v) is 6.70. The lowest BCUT2D eigenvalue weighted by Crippen LogP contribution is -2.23. The van der Waals surface area contributed by atoms with Crippen LogP contribution in [0.25, 0.3) is 22.4 Å². The van der Waals surface area contributed by atoms with Crippen molar-refractivity contribution in [1.82, 2.24) is 14.6 Å². The third kappa shape index (κ3) is 5.63. The molecule has 0 aliphatic carbocycles. The molecule has 2 aromatic heterocycles. The lowest BCUT2D eigenvalue weighted by Gasteiger charge is -2.06. The number of nitrogens with zero attached hydrogens (tertiary/aromatic N) is 3. The van der Waals surface area contributed by atoms with Gasteiger partial charge in [-0.25, -0.2) is 0 Å². The van der Waals surface area contributed by atoms with Crippen LogP contribution in [0.2, 0.25) is 0 Å². The van der Waals surface area contributed by atoms with Crippen molar-refractivity contribution in [3.05, 3.63) is 105 Å². The number of hydrogen-bond acceptors (Lipinski definition) is 6. The van der Waals surface area contributed by atoms with Gasteiger partial charge in [0.15, 0.2) is 5.82 Å². The second-order valence-electron chi connectivity index (χ2n) is 8.47. The van der Waals surface area contributed by atoms with Gasteiger partial charge in [0.05, 0.1) is 11.1 Å². The van der Waals surface area contributed by atoms with Gasteiger partial charge in [-0.3, -0.25) is 4.79 Å². The molecule has 0 bridgehead atoms. The third-order valence-electron chi connectivity index (χ3n) is 5.74. The molecule has 0 aliphatic rings. The van der Waals surface area contributed by atoms with Crippen molar-refractivity contribution in [2.45, 2.75) is 32.8 Å². The van der Waals surface area contributed by atoms with Gasteiger partial charge in [0.2, 0.25) is 4.96 Å². The second-order valence-corrected chi connectivity index (χ2v) is 9.48. The van der Waals surface area contributed by atoms with Crippen LogP contribution in [-0.2, 0) is 6.61 Å². The van der Waals surface area contributed by atoms with Crippen molar-refractivity contribution in [3.63, 3.8) is 0 Å². The van der Waals surface area contributed by atoms with E-state index in [0.29, 0.717) is 28.5 Å². The zero-order valence-electron chi connectivity index (χ0n) is 20.1. The van der Waals surface area contributed by atoms with Crippen molar-refractivity contribution in [3.8, 4) is 22.9 Å². The Hall–Kier alpha value is -3.97. The number of benzene rings is 3. The molecule has 0 radical (unpaired) electrons. The molecule has 5 aromatic rings. The molecule has 3 aromatic carbocycles. The molecule has 0 amide bonds. The highest BCUT2D eigenvalue weighted by Crippen LogP contribution is 2.21. The van der Waals surface area contributed by atoms with Gasteiger partial charge in [0.25, 0.3) is 5.56 Å². The average molecular weight is 498 g/mol. The molecule has 0 atom stereocenters. The lowest BCUT2D eigenvalue weighted by atomic mass is 10.2. The number of fused-ring (bicyclic) bond motifs is 1. The second kappa shape index (κ2) is 11.2. The highest BCUT2D eigenvalue weighted by molar-refractivity contribution is 7.15. The van der Waals surface area contributed by atoms with Gasteiger partial charge in [0, 0.05) is 5.56 Å². The molecule has 6 nitrogen and oxygen atoms in total. The minimum Gasteiger partial charge on any atom is -0.494 e. The first-order chi connectivity index (χ1) is 17.7. The van der Waals surface area contributed by atoms with Crippen LogP contribution in [-0.4, -0.2) is 21.2 Å². The normalized spacial score (nSPS) is 11.8. The molecule has 0 fully saturated rings. The van der Waals surface area contributed by atoms with E-state index in [1.807, 2.05) is 84.9 Å². The Morgan fingerprint density at radius 1 is 0.889 bits per heavy atom. The molecular formula is C29H27N3O3S. The number of thiazole rings is 1. The summed E-state index contributed by atoms with van der Waals surface area (Å²) in [4.78, 5) is 18.1. The Kier molecular flexibility index (Phi) is 7.38. The minimum atomic E-state index is -0.172. The summed E-state index contributed by atoms with van der Waals surface area (Å²) in [5.41, 5.74) is 2.71. The Labute approximate surface area is 213 Å². The van der Waals surface area contributed by atoms with Crippen molar-refractivity contribution in [1.29, 1.82) is 0 Å². The first-order valence-corrected chi connectivity index (χ1v) is 12.9. The maximum atomic E-state index is 12.9. The maximum absolute atomic E-state index is 12.9. The van der Waals surface area contributed by atoms with Crippen molar-refractivity contribution in [2.75, 3.05) is 6.61 Å². The minimum absolute atomic E-state index is 0.172. The fraction of sp³-hybridized carbons (Fsp3) is 0.207. The van der Waals surface area contributed by atoms with E-state index in [4.69, 9.17) is 9.47 Å². The zero-order chi connectivity index (χ0) is 24.7. The predicted molar refractivity (Wildman–Crippen MR) is 144 cm³/mol. The molecule has 0 spiro atoms. The Morgan fingerprint density at radius 2 is 1.61 bits per heavy atom. The molecule has 7 heteroatoms. The fourth-order valence-electron chi connectivity index (χ4n) is 3.75. The van der Waals surface area contributed by atoms with Crippen LogP contribution in [0.5, 0.6) is 11.5 Å². The predicted octanol–water partition coefficient (Wildman–Crippen LogP) is 5.51. The largest absolute Gasteiger partial charge is 0.494 e. The van der Waals surface area contributed by atoms with E-state index in [0.717, 1.165) is 34.6 Å². The summed E-state index contributed by atoms with van der Waals surface area (Å²) in [6.07, 6.45) is 5.24. The van der Waals surface area contributed by atoms with Gasteiger partial charge in [-0.1, -0.05) is 73.6 Å². The van der Waals surface area contributed by atoms with Crippen LogP contribution in [0.1, 0.15) is 37.3 Å². The summed E-state index contributed by atoms with van der Waals surface area (Å²) in [6.45, 7) is 3.40. The maximum Gasteiger partial charge on any atom is 0.291 e. The molecule has 0 N–H and O–H groups in total. The molecule has 36 heavy (non-hydrogen) atoms. The van der Waals surface area contributed by atoms with Crippen LogP contribution in [0.15, 0.2) is 83.7 Å². The number of aromatic nitrogens is 3. The Balaban J connectivity index is 1.27. The van der Waals surface area contributed by atoms with E-state index < -0.39 is 0 Å². The number of rotatable bonds is 10. The topological polar surface area (TPSA) is 65.7 Å². The van der Waals surface area contributed by atoms with Gasteiger partial charge in [0.1, 0.15) is 18.1 Å². The van der Waals surface area contributed by atoms with Crippen LogP contribution in [0.3, 0.4) is 0 Å². The summed E-state index contributed by atoms with van der Waals surface area (Å²) >= 11 is 1.33. The summed E-state index contributed by atoms with van der Waals surface area (Å²) in [5.74, 6) is 2.14. The highest BCUT2D eigenvalue weighted by atomic mass is 32.1. The standard InChI is InChI=1S/C29H27N3O3S/c1-2-3-7-18-34-24-16-12-23(13-17-24)27-30-29-32(31-27)28(33)26(36-29)19-21-10-14-25(15-11-21)35-20-22-8-5-4-6-9-22/h4-6,8-17,19H,2-3,7,18,20H2,1H3/b26-19-. The average Bonchev–Trinajstić information content (AvgIpc) is 3.46. The first-order valence-electron chi connectivity index (χ1n) is 12.1.